The monoisotopic (exact) mass is 490 g/mol. The van der Waals surface area contributed by atoms with Crippen molar-refractivity contribution in [3.05, 3.63) is 97.3 Å². The van der Waals surface area contributed by atoms with Gasteiger partial charge in [-0.3, -0.25) is 9.55 Å². The molecule has 0 fully saturated rings. The number of rotatable bonds is 8. The fourth-order valence-electron chi connectivity index (χ4n) is 4.15. The molecule has 5 aromatic rings. The second-order valence-electron chi connectivity index (χ2n) is 9.35. The predicted molar refractivity (Wildman–Crippen MR) is 147 cm³/mol. The van der Waals surface area contributed by atoms with Gasteiger partial charge in [0.2, 0.25) is 0 Å². The first-order valence-electron chi connectivity index (χ1n) is 12.5. The maximum Gasteiger partial charge on any atom is 0.168 e. The van der Waals surface area contributed by atoms with E-state index in [-0.39, 0.29) is 12.2 Å². The van der Waals surface area contributed by atoms with Gasteiger partial charge in [-0.2, -0.15) is 0 Å². The lowest BCUT2D eigenvalue weighted by Crippen LogP contribution is -2.05. The Balaban J connectivity index is 1.57. The van der Waals surface area contributed by atoms with Gasteiger partial charge in [0, 0.05) is 29.2 Å². The normalized spacial score (nSPS) is 11.2. The van der Waals surface area contributed by atoms with Crippen LogP contribution >= 0.6 is 0 Å². The van der Waals surface area contributed by atoms with E-state index in [2.05, 4.69) is 50.1 Å². The van der Waals surface area contributed by atoms with Crippen molar-refractivity contribution in [2.45, 2.75) is 39.9 Å². The molecule has 0 spiro atoms. The van der Waals surface area contributed by atoms with Crippen LogP contribution in [0.25, 0.3) is 39.6 Å². The number of nitrogens with zero attached hydrogens (tertiary/aromatic N) is 4. The summed E-state index contributed by atoms with van der Waals surface area (Å²) in [5, 5.41) is 9.22. The number of ether oxygens (including phenoxy) is 2. The Kier molecular flexibility index (Phi) is 6.99. The van der Waals surface area contributed by atoms with E-state index in [4.69, 9.17) is 9.47 Å². The quantitative estimate of drug-likeness (QED) is 0.229. The topological polar surface area (TPSA) is 62.1 Å². The Morgan fingerprint density at radius 2 is 1.05 bits per heavy atom. The van der Waals surface area contributed by atoms with E-state index in [0.717, 1.165) is 51.1 Å². The molecular formula is C31H30N4O2. The molecule has 0 unspecified atom stereocenters. The van der Waals surface area contributed by atoms with Crippen molar-refractivity contribution in [3.8, 4) is 51.1 Å². The molecule has 0 atom stereocenters. The Bertz CT molecular complexity index is 1370. The fourth-order valence-corrected chi connectivity index (χ4v) is 4.15. The average molecular weight is 491 g/mol. The number of hydrogen-bond acceptors (Lipinski definition) is 5. The fraction of sp³-hybridized carbons (Fsp3) is 0.194. The van der Waals surface area contributed by atoms with E-state index in [1.165, 1.54) is 0 Å². The van der Waals surface area contributed by atoms with Crippen molar-refractivity contribution in [2.75, 3.05) is 0 Å². The molecule has 37 heavy (non-hydrogen) atoms. The minimum atomic E-state index is 0.113. The van der Waals surface area contributed by atoms with Crippen LogP contribution in [0.1, 0.15) is 27.7 Å². The van der Waals surface area contributed by atoms with Gasteiger partial charge in [-0.25, -0.2) is 0 Å². The Hall–Kier alpha value is -4.45. The Morgan fingerprint density at radius 1 is 0.568 bits per heavy atom. The highest BCUT2D eigenvalue weighted by atomic mass is 16.5. The van der Waals surface area contributed by atoms with Crippen LogP contribution in [-0.2, 0) is 0 Å². The minimum absolute atomic E-state index is 0.113. The lowest BCUT2D eigenvalue weighted by Gasteiger charge is -2.14. The van der Waals surface area contributed by atoms with Crippen LogP contribution in [0.4, 0.5) is 0 Å². The molecule has 5 rings (SSSR count). The maximum absolute atomic E-state index is 5.83. The summed E-state index contributed by atoms with van der Waals surface area (Å²) in [6.45, 7) is 8.07. The van der Waals surface area contributed by atoms with Gasteiger partial charge in [-0.15, -0.1) is 10.2 Å². The van der Waals surface area contributed by atoms with Crippen LogP contribution in [0, 0.1) is 0 Å². The first-order chi connectivity index (χ1) is 18.0. The summed E-state index contributed by atoms with van der Waals surface area (Å²) in [6, 6.07) is 28.3. The third kappa shape index (κ3) is 5.54. The molecule has 0 N–H and O–H groups in total. The van der Waals surface area contributed by atoms with Gasteiger partial charge in [-0.05, 0) is 106 Å². The molecule has 0 radical (unpaired) electrons. The van der Waals surface area contributed by atoms with Crippen LogP contribution in [0.3, 0.4) is 0 Å². The van der Waals surface area contributed by atoms with Gasteiger partial charge in [0.15, 0.2) is 11.6 Å². The summed E-state index contributed by atoms with van der Waals surface area (Å²) >= 11 is 0. The summed E-state index contributed by atoms with van der Waals surface area (Å²) in [6.07, 6.45) is 3.87. The highest BCUT2D eigenvalue weighted by Gasteiger charge is 2.18. The second-order valence-corrected chi connectivity index (χ2v) is 9.35. The van der Waals surface area contributed by atoms with E-state index in [0.29, 0.717) is 0 Å². The van der Waals surface area contributed by atoms with Crippen LogP contribution in [0.2, 0.25) is 0 Å². The molecule has 0 bridgehead atoms. The molecule has 3 aromatic carbocycles. The molecule has 0 saturated carbocycles. The number of benzene rings is 3. The number of aromatic nitrogens is 4. The maximum atomic E-state index is 5.83. The van der Waals surface area contributed by atoms with Gasteiger partial charge in [0.1, 0.15) is 11.5 Å². The van der Waals surface area contributed by atoms with E-state index >= 15 is 0 Å². The first kappa shape index (κ1) is 24.3. The number of hydrogen-bond donors (Lipinski definition) is 0. The highest BCUT2D eigenvalue weighted by molar-refractivity contribution is 5.69. The summed E-state index contributed by atoms with van der Waals surface area (Å²) in [7, 11) is 0. The zero-order chi connectivity index (χ0) is 25.8. The van der Waals surface area contributed by atoms with Crippen LogP contribution in [0.5, 0.6) is 11.5 Å². The summed E-state index contributed by atoms with van der Waals surface area (Å²) in [5.74, 6) is 3.16. The van der Waals surface area contributed by atoms with Gasteiger partial charge >= 0.3 is 0 Å². The second kappa shape index (κ2) is 10.7. The molecule has 2 aromatic heterocycles. The molecule has 0 amide bonds. The van der Waals surface area contributed by atoms with Crippen LogP contribution < -0.4 is 9.47 Å². The van der Waals surface area contributed by atoms with Crippen LogP contribution in [0.15, 0.2) is 97.3 Å². The summed E-state index contributed by atoms with van der Waals surface area (Å²) < 4.78 is 13.7. The smallest absolute Gasteiger partial charge is 0.168 e. The van der Waals surface area contributed by atoms with Crippen molar-refractivity contribution in [2.24, 2.45) is 0 Å². The predicted octanol–water partition coefficient (Wildman–Crippen LogP) is 7.24. The Morgan fingerprint density at radius 3 is 1.49 bits per heavy atom. The molecule has 0 aliphatic rings. The SMILES string of the molecule is CC(C)Oc1ccc(-c2nnc(-c3ccc(OC(C)C)cc3)n2-c2ccc(-c3cccnc3)cc2)cc1. The lowest BCUT2D eigenvalue weighted by atomic mass is 10.1. The van der Waals surface area contributed by atoms with Crippen LogP contribution in [-0.4, -0.2) is 32.0 Å². The molecule has 6 heteroatoms. The Labute approximate surface area is 217 Å². The van der Waals surface area contributed by atoms with Crippen molar-refractivity contribution in [3.63, 3.8) is 0 Å². The molecule has 2 heterocycles. The minimum Gasteiger partial charge on any atom is -0.491 e. The average Bonchev–Trinajstić information content (AvgIpc) is 3.35. The zero-order valence-corrected chi connectivity index (χ0v) is 21.5. The van der Waals surface area contributed by atoms with E-state index in [9.17, 15) is 0 Å². The molecule has 0 aliphatic heterocycles. The van der Waals surface area contributed by atoms with Gasteiger partial charge in [0.25, 0.3) is 0 Å². The van der Waals surface area contributed by atoms with E-state index in [1.54, 1.807) is 6.20 Å². The van der Waals surface area contributed by atoms with Gasteiger partial charge in [0.05, 0.1) is 12.2 Å². The van der Waals surface area contributed by atoms with Crippen molar-refractivity contribution in [1.29, 1.82) is 0 Å². The summed E-state index contributed by atoms with van der Waals surface area (Å²) in [4.78, 5) is 4.25. The lowest BCUT2D eigenvalue weighted by molar-refractivity contribution is 0.242. The van der Waals surface area contributed by atoms with Crippen molar-refractivity contribution >= 4 is 0 Å². The van der Waals surface area contributed by atoms with E-state index < -0.39 is 0 Å². The third-order valence-corrected chi connectivity index (χ3v) is 5.75. The van der Waals surface area contributed by atoms with Crippen molar-refractivity contribution in [1.82, 2.24) is 19.7 Å². The largest absolute Gasteiger partial charge is 0.491 e. The molecule has 6 nitrogen and oxygen atoms in total. The highest BCUT2D eigenvalue weighted by Crippen LogP contribution is 2.31. The zero-order valence-electron chi connectivity index (χ0n) is 21.5. The van der Waals surface area contributed by atoms with Crippen molar-refractivity contribution < 1.29 is 9.47 Å². The van der Waals surface area contributed by atoms with Gasteiger partial charge in [-0.1, -0.05) is 18.2 Å². The number of pyridine rings is 1. The third-order valence-electron chi connectivity index (χ3n) is 5.75. The van der Waals surface area contributed by atoms with E-state index in [1.807, 2.05) is 88.5 Å². The van der Waals surface area contributed by atoms with Gasteiger partial charge < -0.3 is 9.47 Å². The molecular weight excluding hydrogens is 460 g/mol. The molecule has 0 saturated heterocycles. The first-order valence-corrected chi connectivity index (χ1v) is 12.5. The summed E-state index contributed by atoms with van der Waals surface area (Å²) in [5.41, 5.74) is 5.03. The molecule has 0 aliphatic carbocycles. The standard InChI is InChI=1S/C31H30N4O2/c1-21(2)36-28-15-9-24(10-16-28)30-33-34-31(25-11-17-29(18-12-25)37-22(3)4)35(30)27-13-7-23(8-14-27)26-6-5-19-32-20-26/h5-22H,1-4H3. The molecule has 186 valence electrons.